The first-order chi connectivity index (χ1) is 17.0. The Kier molecular flexibility index (Phi) is 7.87. The number of hydrogen-bond donors (Lipinski definition) is 0. The third-order valence-corrected chi connectivity index (χ3v) is 6.32. The molecule has 4 rings (SSSR count). The molecule has 0 aliphatic carbocycles. The number of halogens is 3. The summed E-state index contributed by atoms with van der Waals surface area (Å²) in [7, 11) is 0. The first-order valence-electron chi connectivity index (χ1n) is 12.1. The van der Waals surface area contributed by atoms with Crippen molar-refractivity contribution in [2.45, 2.75) is 39.5 Å². The van der Waals surface area contributed by atoms with Gasteiger partial charge in [0, 0.05) is 11.1 Å². The van der Waals surface area contributed by atoms with Crippen molar-refractivity contribution in [2.75, 3.05) is 0 Å². The molecular formula is C32H29F3. The Labute approximate surface area is 205 Å². The van der Waals surface area contributed by atoms with Crippen LogP contribution in [0.4, 0.5) is 13.2 Å². The Balaban J connectivity index is 1.51. The first kappa shape index (κ1) is 24.5. The van der Waals surface area contributed by atoms with Gasteiger partial charge in [-0.2, -0.15) is 0 Å². The van der Waals surface area contributed by atoms with Gasteiger partial charge >= 0.3 is 0 Å². The van der Waals surface area contributed by atoms with Gasteiger partial charge < -0.3 is 0 Å². The van der Waals surface area contributed by atoms with E-state index in [1.165, 1.54) is 0 Å². The Morgan fingerprint density at radius 1 is 0.629 bits per heavy atom. The molecule has 0 unspecified atom stereocenters. The highest BCUT2D eigenvalue weighted by Gasteiger charge is 2.16. The molecule has 0 fully saturated rings. The average molecular weight is 471 g/mol. The molecule has 0 saturated heterocycles. The van der Waals surface area contributed by atoms with Gasteiger partial charge in [0.25, 0.3) is 0 Å². The smallest absolute Gasteiger partial charge is 0.167 e. The summed E-state index contributed by atoms with van der Waals surface area (Å²) in [6.45, 7) is 4.14. The zero-order valence-corrected chi connectivity index (χ0v) is 20.1. The highest BCUT2D eigenvalue weighted by atomic mass is 19.2. The van der Waals surface area contributed by atoms with Crippen molar-refractivity contribution in [3.8, 4) is 22.3 Å². The van der Waals surface area contributed by atoms with E-state index in [0.29, 0.717) is 11.1 Å². The number of rotatable bonds is 8. The SMILES string of the molecule is CCCCc1ccc(/C=C/c2ccc(-c3ccc(-c4ccc(CC)cc4)c(F)c3F)cc2)cc1F. The van der Waals surface area contributed by atoms with Crippen LogP contribution in [0.5, 0.6) is 0 Å². The van der Waals surface area contributed by atoms with Crippen LogP contribution in [0.15, 0.2) is 78.9 Å². The minimum absolute atomic E-state index is 0.182. The van der Waals surface area contributed by atoms with E-state index in [2.05, 4.69) is 13.8 Å². The van der Waals surface area contributed by atoms with Gasteiger partial charge in [-0.05, 0) is 58.7 Å². The molecule has 4 aromatic carbocycles. The molecule has 0 nitrogen and oxygen atoms in total. The lowest BCUT2D eigenvalue weighted by molar-refractivity contribution is 0.514. The summed E-state index contributed by atoms with van der Waals surface area (Å²) in [5.41, 5.74) is 5.28. The molecule has 3 heteroatoms. The predicted octanol–water partition coefficient (Wildman–Crippen LogP) is 9.51. The second kappa shape index (κ2) is 11.2. The summed E-state index contributed by atoms with van der Waals surface area (Å²) in [4.78, 5) is 0. The van der Waals surface area contributed by atoms with Crippen LogP contribution in [0.1, 0.15) is 48.9 Å². The monoisotopic (exact) mass is 470 g/mol. The minimum Gasteiger partial charge on any atom is -0.207 e. The quantitative estimate of drug-likeness (QED) is 0.225. The van der Waals surface area contributed by atoms with Gasteiger partial charge in [0.15, 0.2) is 11.6 Å². The fourth-order valence-electron chi connectivity index (χ4n) is 4.12. The Bertz CT molecular complexity index is 1320. The molecule has 0 heterocycles. The predicted molar refractivity (Wildman–Crippen MR) is 141 cm³/mol. The van der Waals surface area contributed by atoms with Crippen molar-refractivity contribution in [1.29, 1.82) is 0 Å². The summed E-state index contributed by atoms with van der Waals surface area (Å²) in [6.07, 6.45) is 7.37. The second-order valence-electron chi connectivity index (χ2n) is 8.75. The molecule has 0 bridgehead atoms. The van der Waals surface area contributed by atoms with Crippen LogP contribution in [0.2, 0.25) is 0 Å². The van der Waals surface area contributed by atoms with E-state index >= 15 is 0 Å². The van der Waals surface area contributed by atoms with Crippen molar-refractivity contribution >= 4 is 12.2 Å². The third-order valence-electron chi connectivity index (χ3n) is 6.32. The zero-order chi connectivity index (χ0) is 24.8. The van der Waals surface area contributed by atoms with E-state index < -0.39 is 11.6 Å². The number of benzene rings is 4. The van der Waals surface area contributed by atoms with Gasteiger partial charge in [-0.3, -0.25) is 0 Å². The summed E-state index contributed by atoms with van der Waals surface area (Å²) in [6, 6.07) is 23.3. The Morgan fingerprint density at radius 3 is 1.71 bits per heavy atom. The summed E-state index contributed by atoms with van der Waals surface area (Å²) in [5.74, 6) is -1.89. The van der Waals surface area contributed by atoms with Gasteiger partial charge in [0.1, 0.15) is 5.82 Å². The van der Waals surface area contributed by atoms with E-state index in [-0.39, 0.29) is 16.9 Å². The van der Waals surface area contributed by atoms with E-state index in [4.69, 9.17) is 0 Å². The molecule has 0 saturated carbocycles. The molecule has 178 valence electrons. The van der Waals surface area contributed by atoms with Crippen molar-refractivity contribution in [3.63, 3.8) is 0 Å². The van der Waals surface area contributed by atoms with Crippen molar-refractivity contribution in [1.82, 2.24) is 0 Å². The van der Waals surface area contributed by atoms with E-state index in [1.54, 1.807) is 30.3 Å². The number of hydrogen-bond acceptors (Lipinski definition) is 0. The highest BCUT2D eigenvalue weighted by molar-refractivity contribution is 5.74. The first-order valence-corrected chi connectivity index (χ1v) is 12.1. The molecule has 0 aliphatic rings. The van der Waals surface area contributed by atoms with Crippen LogP contribution < -0.4 is 0 Å². The lowest BCUT2D eigenvalue weighted by Gasteiger charge is -2.10. The molecule has 0 N–H and O–H groups in total. The summed E-state index contributed by atoms with van der Waals surface area (Å²) >= 11 is 0. The van der Waals surface area contributed by atoms with Gasteiger partial charge in [-0.25, -0.2) is 13.2 Å². The largest absolute Gasteiger partial charge is 0.207 e. The van der Waals surface area contributed by atoms with Gasteiger partial charge in [-0.15, -0.1) is 0 Å². The topological polar surface area (TPSA) is 0 Å². The lowest BCUT2D eigenvalue weighted by atomic mass is 9.97. The van der Waals surface area contributed by atoms with Crippen LogP contribution in [0.3, 0.4) is 0 Å². The zero-order valence-electron chi connectivity index (χ0n) is 20.1. The molecule has 4 aromatic rings. The molecular weight excluding hydrogens is 441 g/mol. The van der Waals surface area contributed by atoms with E-state index in [1.807, 2.05) is 60.7 Å². The molecule has 0 aromatic heterocycles. The maximum atomic E-state index is 15.0. The average Bonchev–Trinajstić information content (AvgIpc) is 2.89. The van der Waals surface area contributed by atoms with Crippen LogP contribution in [0, 0.1) is 17.5 Å². The molecule has 35 heavy (non-hydrogen) atoms. The Morgan fingerprint density at radius 2 is 1.17 bits per heavy atom. The van der Waals surface area contributed by atoms with Crippen LogP contribution in [-0.4, -0.2) is 0 Å². The third kappa shape index (κ3) is 5.74. The standard InChI is InChI=1S/C32H29F3/c1-3-5-6-27-18-13-24(21-30(27)33)8-7-23-11-16-26(17-12-23)29-20-19-28(31(34)32(29)35)25-14-9-22(4-2)10-15-25/h7-21H,3-6H2,1-2H3/b8-7+. The van der Waals surface area contributed by atoms with Gasteiger partial charge in [0.05, 0.1) is 0 Å². The fraction of sp³-hybridized carbons (Fsp3) is 0.188. The van der Waals surface area contributed by atoms with Crippen LogP contribution in [-0.2, 0) is 12.8 Å². The highest BCUT2D eigenvalue weighted by Crippen LogP contribution is 2.32. The maximum Gasteiger partial charge on any atom is 0.167 e. The van der Waals surface area contributed by atoms with Crippen molar-refractivity contribution in [2.24, 2.45) is 0 Å². The van der Waals surface area contributed by atoms with Crippen LogP contribution in [0.25, 0.3) is 34.4 Å². The minimum atomic E-state index is -0.857. The van der Waals surface area contributed by atoms with Crippen molar-refractivity contribution < 1.29 is 13.2 Å². The molecule has 0 atom stereocenters. The number of aryl methyl sites for hydroxylation is 2. The van der Waals surface area contributed by atoms with Crippen molar-refractivity contribution in [3.05, 3.63) is 119 Å². The van der Waals surface area contributed by atoms with Gasteiger partial charge in [0.2, 0.25) is 0 Å². The summed E-state index contributed by atoms with van der Waals surface area (Å²) < 4.78 is 44.2. The number of unbranched alkanes of at least 4 members (excludes halogenated alkanes) is 1. The lowest BCUT2D eigenvalue weighted by Crippen LogP contribution is -1.94. The normalized spacial score (nSPS) is 11.3. The van der Waals surface area contributed by atoms with E-state index in [9.17, 15) is 13.2 Å². The molecule has 0 aliphatic heterocycles. The van der Waals surface area contributed by atoms with E-state index in [0.717, 1.165) is 47.9 Å². The second-order valence-corrected chi connectivity index (χ2v) is 8.75. The van der Waals surface area contributed by atoms with Gasteiger partial charge in [-0.1, -0.05) is 105 Å². The Hall–Kier alpha value is -3.59. The maximum absolute atomic E-state index is 15.0. The summed E-state index contributed by atoms with van der Waals surface area (Å²) in [5, 5.41) is 0. The molecule has 0 amide bonds. The molecule has 0 spiro atoms. The fourth-order valence-corrected chi connectivity index (χ4v) is 4.12. The molecule has 0 radical (unpaired) electrons. The van der Waals surface area contributed by atoms with Crippen LogP contribution >= 0.6 is 0 Å².